The SMILES string of the molecule is CCOC(C)Oc1ccccc1Cl. The maximum Gasteiger partial charge on any atom is 0.197 e. The van der Waals surface area contributed by atoms with Gasteiger partial charge < -0.3 is 9.47 Å². The van der Waals surface area contributed by atoms with Crippen molar-refractivity contribution in [2.75, 3.05) is 6.61 Å². The number of ether oxygens (including phenoxy) is 2. The van der Waals surface area contributed by atoms with Gasteiger partial charge in [0.1, 0.15) is 5.75 Å². The summed E-state index contributed by atoms with van der Waals surface area (Å²) >= 11 is 5.89. The molecule has 0 spiro atoms. The van der Waals surface area contributed by atoms with Crippen LogP contribution in [0.3, 0.4) is 0 Å². The molecule has 0 saturated heterocycles. The molecule has 1 aromatic carbocycles. The van der Waals surface area contributed by atoms with Gasteiger partial charge >= 0.3 is 0 Å². The minimum absolute atomic E-state index is 0.259. The van der Waals surface area contributed by atoms with Crippen molar-refractivity contribution < 1.29 is 9.47 Å². The zero-order valence-corrected chi connectivity index (χ0v) is 8.54. The van der Waals surface area contributed by atoms with E-state index >= 15 is 0 Å². The van der Waals surface area contributed by atoms with Gasteiger partial charge in [0.05, 0.1) is 5.02 Å². The molecule has 2 nitrogen and oxygen atoms in total. The lowest BCUT2D eigenvalue weighted by Crippen LogP contribution is -2.15. The number of benzene rings is 1. The average Bonchev–Trinajstić information content (AvgIpc) is 2.09. The molecule has 0 saturated carbocycles. The fraction of sp³-hybridized carbons (Fsp3) is 0.400. The zero-order chi connectivity index (χ0) is 9.68. The Morgan fingerprint density at radius 2 is 2.08 bits per heavy atom. The molecular weight excluding hydrogens is 188 g/mol. The normalized spacial score (nSPS) is 12.5. The Hall–Kier alpha value is -0.730. The lowest BCUT2D eigenvalue weighted by molar-refractivity contribution is -0.0612. The third-order valence-electron chi connectivity index (χ3n) is 1.53. The summed E-state index contributed by atoms with van der Waals surface area (Å²) in [6.07, 6.45) is -0.259. The number of halogens is 1. The molecule has 1 atom stereocenters. The van der Waals surface area contributed by atoms with Crippen molar-refractivity contribution in [3.63, 3.8) is 0 Å². The van der Waals surface area contributed by atoms with Gasteiger partial charge in [-0.1, -0.05) is 23.7 Å². The minimum Gasteiger partial charge on any atom is -0.464 e. The maximum atomic E-state index is 5.89. The summed E-state index contributed by atoms with van der Waals surface area (Å²) in [4.78, 5) is 0. The van der Waals surface area contributed by atoms with Crippen molar-refractivity contribution in [2.24, 2.45) is 0 Å². The van der Waals surface area contributed by atoms with Gasteiger partial charge in [-0.15, -0.1) is 0 Å². The second kappa shape index (κ2) is 5.10. The van der Waals surface area contributed by atoms with Crippen LogP contribution in [0.25, 0.3) is 0 Å². The Balaban J connectivity index is 2.58. The maximum absolute atomic E-state index is 5.89. The predicted octanol–water partition coefficient (Wildman–Crippen LogP) is 3.10. The molecule has 0 aliphatic carbocycles. The van der Waals surface area contributed by atoms with Crippen molar-refractivity contribution in [3.05, 3.63) is 29.3 Å². The standard InChI is InChI=1S/C10H13ClO2/c1-3-12-8(2)13-10-7-5-4-6-9(10)11/h4-8H,3H2,1-2H3. The van der Waals surface area contributed by atoms with Gasteiger partial charge in [0.25, 0.3) is 0 Å². The summed E-state index contributed by atoms with van der Waals surface area (Å²) in [7, 11) is 0. The van der Waals surface area contributed by atoms with Gasteiger partial charge in [0, 0.05) is 6.61 Å². The van der Waals surface area contributed by atoms with Crippen molar-refractivity contribution >= 4 is 11.6 Å². The first kappa shape index (κ1) is 10.4. The van der Waals surface area contributed by atoms with Crippen LogP contribution >= 0.6 is 11.6 Å². The first-order valence-electron chi connectivity index (χ1n) is 4.26. The lowest BCUT2D eigenvalue weighted by atomic mass is 10.3. The Labute approximate surface area is 83.4 Å². The number of para-hydroxylation sites is 1. The highest BCUT2D eigenvalue weighted by Gasteiger charge is 2.05. The van der Waals surface area contributed by atoms with E-state index in [0.717, 1.165) is 0 Å². The van der Waals surface area contributed by atoms with E-state index in [1.54, 1.807) is 6.07 Å². The Bertz CT molecular complexity index is 263. The fourth-order valence-corrected chi connectivity index (χ4v) is 1.17. The van der Waals surface area contributed by atoms with Crippen molar-refractivity contribution in [3.8, 4) is 5.75 Å². The van der Waals surface area contributed by atoms with Crippen LogP contribution in [0, 0.1) is 0 Å². The van der Waals surface area contributed by atoms with E-state index < -0.39 is 0 Å². The molecule has 0 aromatic heterocycles. The van der Waals surface area contributed by atoms with E-state index in [1.807, 2.05) is 32.0 Å². The molecule has 1 rings (SSSR count). The topological polar surface area (TPSA) is 18.5 Å². The molecule has 0 aliphatic heterocycles. The Morgan fingerprint density at radius 3 is 2.69 bits per heavy atom. The summed E-state index contributed by atoms with van der Waals surface area (Å²) in [6.45, 7) is 4.39. The van der Waals surface area contributed by atoms with E-state index in [1.165, 1.54) is 0 Å². The third kappa shape index (κ3) is 3.25. The van der Waals surface area contributed by atoms with Gasteiger partial charge in [0.15, 0.2) is 6.29 Å². The number of hydrogen-bond donors (Lipinski definition) is 0. The molecule has 0 radical (unpaired) electrons. The summed E-state index contributed by atoms with van der Waals surface area (Å²) in [5.41, 5.74) is 0. The Morgan fingerprint density at radius 1 is 1.38 bits per heavy atom. The summed E-state index contributed by atoms with van der Waals surface area (Å²) in [5, 5.41) is 0.606. The van der Waals surface area contributed by atoms with Crippen LogP contribution < -0.4 is 4.74 Å². The highest BCUT2D eigenvalue weighted by molar-refractivity contribution is 6.32. The van der Waals surface area contributed by atoms with E-state index in [4.69, 9.17) is 21.1 Å². The van der Waals surface area contributed by atoms with Crippen LogP contribution in [0.4, 0.5) is 0 Å². The molecule has 0 N–H and O–H groups in total. The molecule has 13 heavy (non-hydrogen) atoms. The van der Waals surface area contributed by atoms with Crippen LogP contribution in [0.2, 0.25) is 5.02 Å². The molecule has 0 aliphatic rings. The molecule has 0 fully saturated rings. The van der Waals surface area contributed by atoms with Gasteiger partial charge in [-0.05, 0) is 26.0 Å². The van der Waals surface area contributed by atoms with E-state index in [-0.39, 0.29) is 6.29 Å². The van der Waals surface area contributed by atoms with Crippen LogP contribution in [0.15, 0.2) is 24.3 Å². The van der Waals surface area contributed by atoms with Crippen LogP contribution in [0.5, 0.6) is 5.75 Å². The summed E-state index contributed by atoms with van der Waals surface area (Å²) < 4.78 is 10.7. The number of hydrogen-bond acceptors (Lipinski definition) is 2. The highest BCUT2D eigenvalue weighted by Crippen LogP contribution is 2.24. The van der Waals surface area contributed by atoms with Crippen LogP contribution in [-0.2, 0) is 4.74 Å². The van der Waals surface area contributed by atoms with Gasteiger partial charge in [-0.3, -0.25) is 0 Å². The smallest absolute Gasteiger partial charge is 0.197 e. The zero-order valence-electron chi connectivity index (χ0n) is 7.79. The molecule has 1 unspecified atom stereocenters. The highest BCUT2D eigenvalue weighted by atomic mass is 35.5. The molecule has 0 bridgehead atoms. The second-order valence-electron chi connectivity index (χ2n) is 2.57. The van der Waals surface area contributed by atoms with E-state index in [2.05, 4.69) is 0 Å². The average molecular weight is 201 g/mol. The fourth-order valence-electron chi connectivity index (χ4n) is 0.988. The second-order valence-corrected chi connectivity index (χ2v) is 2.98. The predicted molar refractivity (Wildman–Crippen MR) is 53.2 cm³/mol. The van der Waals surface area contributed by atoms with Crippen LogP contribution in [0.1, 0.15) is 13.8 Å². The first-order chi connectivity index (χ1) is 6.24. The monoisotopic (exact) mass is 200 g/mol. The van der Waals surface area contributed by atoms with E-state index in [9.17, 15) is 0 Å². The third-order valence-corrected chi connectivity index (χ3v) is 1.84. The minimum atomic E-state index is -0.259. The quantitative estimate of drug-likeness (QED) is 0.696. The summed E-state index contributed by atoms with van der Waals surface area (Å²) in [5.74, 6) is 0.658. The van der Waals surface area contributed by atoms with E-state index in [0.29, 0.717) is 17.4 Å². The first-order valence-corrected chi connectivity index (χ1v) is 4.64. The molecular formula is C10H13ClO2. The van der Waals surface area contributed by atoms with Gasteiger partial charge in [-0.2, -0.15) is 0 Å². The largest absolute Gasteiger partial charge is 0.464 e. The molecule has 3 heteroatoms. The van der Waals surface area contributed by atoms with Crippen molar-refractivity contribution in [1.82, 2.24) is 0 Å². The lowest BCUT2D eigenvalue weighted by Gasteiger charge is -2.14. The Kier molecular flexibility index (Phi) is 4.06. The molecule has 0 amide bonds. The van der Waals surface area contributed by atoms with Gasteiger partial charge in [0.2, 0.25) is 0 Å². The summed E-state index contributed by atoms with van der Waals surface area (Å²) in [6, 6.07) is 7.34. The van der Waals surface area contributed by atoms with Crippen LogP contribution in [-0.4, -0.2) is 12.9 Å². The number of rotatable bonds is 4. The van der Waals surface area contributed by atoms with Gasteiger partial charge in [-0.25, -0.2) is 0 Å². The van der Waals surface area contributed by atoms with Crippen molar-refractivity contribution in [1.29, 1.82) is 0 Å². The van der Waals surface area contributed by atoms with Crippen molar-refractivity contribution in [2.45, 2.75) is 20.1 Å². The molecule has 1 aromatic rings. The molecule has 72 valence electrons. The molecule has 0 heterocycles.